The molecule has 1 N–H and O–H groups in total. The zero-order chi connectivity index (χ0) is 29.7. The third-order valence-corrected chi connectivity index (χ3v) is 9.55. The molecular formula is C32H42N2O5S. The molecule has 4 rings (SSSR count). The molecule has 1 spiro atoms. The standard InChI is InChI=1S/C32H42N2O5S/c1-30(2,3)17-16-26(21-11-13-22(14-12-21)29(36)37)34-28(35)27(23-9-8-10-25(19-23)40(7,38)39)33-32(34)18-15-24(20-32)31(4,5)6/h8-14,19,24,26H,15-18,20H2,1-7H3,(H,36,37). The van der Waals surface area contributed by atoms with Crippen molar-refractivity contribution in [3.05, 3.63) is 65.2 Å². The molecule has 2 aromatic carbocycles. The van der Waals surface area contributed by atoms with Crippen molar-refractivity contribution in [2.75, 3.05) is 6.26 Å². The lowest BCUT2D eigenvalue weighted by molar-refractivity contribution is -0.131. The van der Waals surface area contributed by atoms with Gasteiger partial charge in [-0.25, -0.2) is 13.2 Å². The Hall–Kier alpha value is -3.00. The van der Waals surface area contributed by atoms with Crippen LogP contribution in [0.1, 0.15) is 101 Å². The summed E-state index contributed by atoms with van der Waals surface area (Å²) >= 11 is 0. The van der Waals surface area contributed by atoms with E-state index in [-0.39, 0.29) is 33.2 Å². The summed E-state index contributed by atoms with van der Waals surface area (Å²) in [5, 5.41) is 9.47. The summed E-state index contributed by atoms with van der Waals surface area (Å²) < 4.78 is 24.6. The second kappa shape index (κ2) is 10.4. The molecule has 2 aliphatic rings. The highest BCUT2D eigenvalue weighted by Gasteiger charge is 2.55. The van der Waals surface area contributed by atoms with Gasteiger partial charge in [-0.05, 0) is 78.7 Å². The van der Waals surface area contributed by atoms with Gasteiger partial charge in [0.15, 0.2) is 9.84 Å². The predicted octanol–water partition coefficient (Wildman–Crippen LogP) is 6.53. The molecule has 0 aromatic heterocycles. The number of aliphatic imine (C=N–C) groups is 1. The minimum absolute atomic E-state index is 0.0202. The zero-order valence-corrected chi connectivity index (χ0v) is 25.5. The van der Waals surface area contributed by atoms with Gasteiger partial charge in [0.05, 0.1) is 16.5 Å². The molecule has 3 unspecified atom stereocenters. The van der Waals surface area contributed by atoms with Crippen LogP contribution in [0, 0.1) is 16.7 Å². The van der Waals surface area contributed by atoms with Gasteiger partial charge in [-0.15, -0.1) is 0 Å². The van der Waals surface area contributed by atoms with Crippen LogP contribution < -0.4 is 0 Å². The van der Waals surface area contributed by atoms with E-state index in [0.29, 0.717) is 23.6 Å². The van der Waals surface area contributed by atoms with Crippen molar-refractivity contribution >= 4 is 27.4 Å². The number of carboxylic acid groups (broad SMARTS) is 1. The maximum Gasteiger partial charge on any atom is 0.335 e. The Morgan fingerprint density at radius 2 is 1.75 bits per heavy atom. The van der Waals surface area contributed by atoms with Gasteiger partial charge in [0.1, 0.15) is 11.4 Å². The molecule has 2 aromatic rings. The van der Waals surface area contributed by atoms with Crippen LogP contribution in [0.3, 0.4) is 0 Å². The molecular weight excluding hydrogens is 524 g/mol. The quantitative estimate of drug-likeness (QED) is 0.410. The number of nitrogens with zero attached hydrogens (tertiary/aromatic N) is 2. The number of sulfone groups is 1. The van der Waals surface area contributed by atoms with Crippen molar-refractivity contribution < 1.29 is 23.1 Å². The van der Waals surface area contributed by atoms with Crippen LogP contribution in [0.25, 0.3) is 0 Å². The summed E-state index contributed by atoms with van der Waals surface area (Å²) in [5.41, 5.74) is 1.18. The van der Waals surface area contributed by atoms with Gasteiger partial charge in [0, 0.05) is 11.8 Å². The van der Waals surface area contributed by atoms with Crippen LogP contribution in [0.4, 0.5) is 0 Å². The van der Waals surface area contributed by atoms with E-state index in [1.165, 1.54) is 6.07 Å². The Morgan fingerprint density at radius 3 is 2.27 bits per heavy atom. The van der Waals surface area contributed by atoms with E-state index < -0.39 is 21.5 Å². The van der Waals surface area contributed by atoms with Crippen molar-refractivity contribution in [1.29, 1.82) is 0 Å². The number of hydrogen-bond donors (Lipinski definition) is 1. The molecule has 7 nitrogen and oxygen atoms in total. The first kappa shape index (κ1) is 30.0. The molecule has 0 saturated heterocycles. The Labute approximate surface area is 238 Å². The van der Waals surface area contributed by atoms with Gasteiger partial charge < -0.3 is 10.0 Å². The van der Waals surface area contributed by atoms with E-state index in [2.05, 4.69) is 41.5 Å². The minimum atomic E-state index is -3.46. The van der Waals surface area contributed by atoms with Crippen LogP contribution in [-0.2, 0) is 14.6 Å². The van der Waals surface area contributed by atoms with Gasteiger partial charge in [-0.2, -0.15) is 0 Å². The monoisotopic (exact) mass is 566 g/mol. The topological polar surface area (TPSA) is 104 Å². The first-order valence-corrected chi connectivity index (χ1v) is 15.9. The number of hydrogen-bond acceptors (Lipinski definition) is 5. The molecule has 0 radical (unpaired) electrons. The van der Waals surface area contributed by atoms with E-state index in [9.17, 15) is 23.1 Å². The molecule has 1 aliphatic carbocycles. The lowest BCUT2D eigenvalue weighted by Gasteiger charge is -2.41. The van der Waals surface area contributed by atoms with E-state index in [1.807, 2.05) is 17.0 Å². The fourth-order valence-corrected chi connectivity index (χ4v) is 6.70. The molecule has 1 fully saturated rings. The molecule has 3 atom stereocenters. The molecule has 216 valence electrons. The molecule has 8 heteroatoms. The first-order valence-electron chi connectivity index (χ1n) is 14.0. The number of benzene rings is 2. The molecule has 1 heterocycles. The number of amides is 1. The van der Waals surface area contributed by atoms with Gasteiger partial charge in [0.25, 0.3) is 5.91 Å². The third kappa shape index (κ3) is 6.17. The summed E-state index contributed by atoms with van der Waals surface area (Å²) in [7, 11) is -3.46. The molecule has 1 amide bonds. The summed E-state index contributed by atoms with van der Waals surface area (Å²) in [5.74, 6) is -0.848. The van der Waals surface area contributed by atoms with Crippen molar-refractivity contribution in [2.24, 2.45) is 21.7 Å². The fraction of sp³-hybridized carbons (Fsp3) is 0.531. The van der Waals surface area contributed by atoms with E-state index in [0.717, 1.165) is 37.5 Å². The number of aromatic carboxylic acids is 1. The second-order valence-electron chi connectivity index (χ2n) is 13.8. The smallest absolute Gasteiger partial charge is 0.335 e. The van der Waals surface area contributed by atoms with Crippen LogP contribution in [0.5, 0.6) is 0 Å². The number of carboxylic acids is 1. The average molecular weight is 567 g/mol. The van der Waals surface area contributed by atoms with Crippen molar-refractivity contribution in [3.8, 4) is 0 Å². The number of carbonyl (C=O) groups excluding carboxylic acids is 1. The number of carbonyl (C=O) groups is 2. The normalized spacial score (nSPS) is 22.6. The van der Waals surface area contributed by atoms with Crippen LogP contribution in [0.2, 0.25) is 0 Å². The summed E-state index contributed by atoms with van der Waals surface area (Å²) in [4.78, 5) is 33.3. The van der Waals surface area contributed by atoms with Crippen molar-refractivity contribution in [1.82, 2.24) is 4.90 Å². The maximum absolute atomic E-state index is 14.5. The Bertz CT molecular complexity index is 1430. The Balaban J connectivity index is 1.86. The molecule has 1 aliphatic heterocycles. The number of rotatable bonds is 7. The van der Waals surface area contributed by atoms with Crippen molar-refractivity contribution in [2.45, 2.75) is 90.2 Å². The lowest BCUT2D eigenvalue weighted by atomic mass is 9.79. The first-order chi connectivity index (χ1) is 18.4. The van der Waals surface area contributed by atoms with Gasteiger partial charge in [0.2, 0.25) is 0 Å². The SMILES string of the molecule is CC(C)(C)CCC(c1ccc(C(=O)O)cc1)N1C(=O)C(c2cccc(S(C)(=O)=O)c2)=NC12CCC(C(C)(C)C)C2. The van der Waals surface area contributed by atoms with Gasteiger partial charge in [-0.1, -0.05) is 65.8 Å². The van der Waals surface area contributed by atoms with E-state index in [4.69, 9.17) is 4.99 Å². The highest BCUT2D eigenvalue weighted by atomic mass is 32.2. The average Bonchev–Trinajstić information content (AvgIpc) is 3.40. The van der Waals surface area contributed by atoms with E-state index in [1.54, 1.807) is 30.3 Å². The molecule has 40 heavy (non-hydrogen) atoms. The summed E-state index contributed by atoms with van der Waals surface area (Å²) in [6.45, 7) is 13.2. The van der Waals surface area contributed by atoms with Crippen LogP contribution in [-0.4, -0.2) is 47.9 Å². The zero-order valence-electron chi connectivity index (χ0n) is 24.7. The lowest BCUT2D eigenvalue weighted by Crippen LogP contribution is -2.48. The molecule has 1 saturated carbocycles. The third-order valence-electron chi connectivity index (χ3n) is 8.44. The molecule has 0 bridgehead atoms. The highest BCUT2D eigenvalue weighted by Crippen LogP contribution is 2.53. The van der Waals surface area contributed by atoms with Gasteiger partial charge >= 0.3 is 5.97 Å². The Kier molecular flexibility index (Phi) is 7.82. The summed E-state index contributed by atoms with van der Waals surface area (Å²) in [6.07, 6.45) is 5.06. The summed E-state index contributed by atoms with van der Waals surface area (Å²) in [6, 6.07) is 13.0. The maximum atomic E-state index is 14.5. The second-order valence-corrected chi connectivity index (χ2v) is 15.8. The largest absolute Gasteiger partial charge is 0.478 e. The van der Waals surface area contributed by atoms with E-state index >= 15 is 0 Å². The fourth-order valence-electron chi connectivity index (χ4n) is 6.03. The highest BCUT2D eigenvalue weighted by molar-refractivity contribution is 7.90. The van der Waals surface area contributed by atoms with Gasteiger partial charge in [-0.3, -0.25) is 9.79 Å². The predicted molar refractivity (Wildman–Crippen MR) is 157 cm³/mol. The Morgan fingerprint density at radius 1 is 1.10 bits per heavy atom. The van der Waals surface area contributed by atoms with Crippen molar-refractivity contribution in [3.63, 3.8) is 0 Å². The minimum Gasteiger partial charge on any atom is -0.478 e. The van der Waals surface area contributed by atoms with Crippen LogP contribution in [0.15, 0.2) is 58.4 Å². The van der Waals surface area contributed by atoms with Crippen LogP contribution >= 0.6 is 0 Å².